The van der Waals surface area contributed by atoms with Gasteiger partial charge in [-0.2, -0.15) is 0 Å². The van der Waals surface area contributed by atoms with Crippen molar-refractivity contribution in [3.63, 3.8) is 0 Å². The first-order valence-corrected chi connectivity index (χ1v) is 5.42. The maximum absolute atomic E-state index is 13.4. The van der Waals surface area contributed by atoms with Crippen LogP contribution in [0.2, 0.25) is 0 Å². The van der Waals surface area contributed by atoms with Crippen LogP contribution in [0, 0.1) is 11.2 Å². The van der Waals surface area contributed by atoms with Gasteiger partial charge >= 0.3 is 0 Å². The predicted molar refractivity (Wildman–Crippen MR) is 64.0 cm³/mol. The highest BCUT2D eigenvalue weighted by molar-refractivity contribution is 5.94. The third-order valence-corrected chi connectivity index (χ3v) is 2.57. The van der Waals surface area contributed by atoms with Crippen LogP contribution in [-0.2, 0) is 0 Å². The van der Waals surface area contributed by atoms with Crippen LogP contribution in [0.1, 0.15) is 24.2 Å². The van der Waals surface area contributed by atoms with Crippen LogP contribution >= 0.6 is 0 Å². The molecule has 5 heteroatoms. The second-order valence-corrected chi connectivity index (χ2v) is 4.89. The number of amides is 1. The molecule has 0 aliphatic heterocycles. The summed E-state index contributed by atoms with van der Waals surface area (Å²) in [5.74, 6) is -0.957. The molecule has 1 aromatic heterocycles. The second kappa shape index (κ2) is 5.23. The lowest BCUT2D eigenvalue weighted by atomic mass is 9.93. The normalized spacial score (nSPS) is 11.4. The fraction of sp³-hybridized carbons (Fsp3) is 0.500. The van der Waals surface area contributed by atoms with Crippen molar-refractivity contribution >= 4 is 5.91 Å². The molecule has 0 aliphatic carbocycles. The van der Waals surface area contributed by atoms with E-state index in [9.17, 15) is 9.18 Å². The van der Waals surface area contributed by atoms with Crippen molar-refractivity contribution < 1.29 is 9.18 Å². The Kier molecular flexibility index (Phi) is 4.17. The molecule has 1 aromatic rings. The van der Waals surface area contributed by atoms with Crippen LogP contribution in [0.4, 0.5) is 4.39 Å². The molecule has 17 heavy (non-hydrogen) atoms. The third kappa shape index (κ3) is 3.49. The van der Waals surface area contributed by atoms with Gasteiger partial charge in [0.25, 0.3) is 5.91 Å². The van der Waals surface area contributed by atoms with E-state index in [1.54, 1.807) is 7.05 Å². The van der Waals surface area contributed by atoms with Crippen LogP contribution < -0.4 is 5.73 Å². The van der Waals surface area contributed by atoms with E-state index in [-0.39, 0.29) is 16.9 Å². The molecule has 0 atom stereocenters. The summed E-state index contributed by atoms with van der Waals surface area (Å²) in [7, 11) is 1.64. The highest BCUT2D eigenvalue weighted by atomic mass is 19.1. The lowest BCUT2D eigenvalue weighted by molar-refractivity contribution is 0.0735. The van der Waals surface area contributed by atoms with Crippen molar-refractivity contribution in [3.05, 3.63) is 29.8 Å². The average molecular weight is 239 g/mol. The van der Waals surface area contributed by atoms with Crippen molar-refractivity contribution in [1.82, 2.24) is 9.88 Å². The summed E-state index contributed by atoms with van der Waals surface area (Å²) in [5.41, 5.74) is 5.45. The van der Waals surface area contributed by atoms with Crippen molar-refractivity contribution in [2.45, 2.75) is 13.8 Å². The molecule has 0 saturated carbocycles. The van der Waals surface area contributed by atoms with Crippen LogP contribution in [-0.4, -0.2) is 35.9 Å². The van der Waals surface area contributed by atoms with E-state index < -0.39 is 5.82 Å². The minimum Gasteiger partial charge on any atom is -0.341 e. The predicted octanol–water partition coefficient (Wildman–Crippen LogP) is 1.28. The minimum absolute atomic E-state index is 0.0373. The van der Waals surface area contributed by atoms with E-state index in [1.807, 2.05) is 13.8 Å². The van der Waals surface area contributed by atoms with E-state index in [2.05, 4.69) is 4.98 Å². The number of carbonyl (C=O) groups excluding carboxylic acids is 1. The van der Waals surface area contributed by atoms with Crippen LogP contribution in [0.5, 0.6) is 0 Å². The zero-order valence-corrected chi connectivity index (χ0v) is 10.4. The average Bonchev–Trinajstić information content (AvgIpc) is 2.28. The summed E-state index contributed by atoms with van der Waals surface area (Å²) in [6, 6.07) is 1.38. The molecule has 2 N–H and O–H groups in total. The number of halogens is 1. The Morgan fingerprint density at radius 2 is 2.24 bits per heavy atom. The first-order chi connectivity index (χ1) is 7.87. The standard InChI is InChI=1S/C12H18FN3O/c1-12(2,7-14)8-16(3)11(17)9-4-5-15-6-10(9)13/h4-6H,7-8,14H2,1-3H3. The van der Waals surface area contributed by atoms with E-state index in [1.165, 1.54) is 17.2 Å². The topological polar surface area (TPSA) is 59.2 Å². The first-order valence-electron chi connectivity index (χ1n) is 5.42. The molecular weight excluding hydrogens is 221 g/mol. The molecule has 0 bridgehead atoms. The van der Waals surface area contributed by atoms with Gasteiger partial charge in [0, 0.05) is 19.8 Å². The molecule has 0 fully saturated rings. The number of nitrogens with zero attached hydrogens (tertiary/aromatic N) is 2. The summed E-state index contributed by atoms with van der Waals surface area (Å²) in [4.78, 5) is 17.1. The van der Waals surface area contributed by atoms with E-state index in [0.29, 0.717) is 13.1 Å². The van der Waals surface area contributed by atoms with Gasteiger partial charge in [0.1, 0.15) is 0 Å². The number of hydrogen-bond donors (Lipinski definition) is 1. The molecule has 4 nitrogen and oxygen atoms in total. The smallest absolute Gasteiger partial charge is 0.256 e. The fourth-order valence-corrected chi connectivity index (χ4v) is 1.53. The molecule has 0 radical (unpaired) electrons. The molecule has 0 saturated heterocycles. The lowest BCUT2D eigenvalue weighted by Crippen LogP contribution is -2.40. The van der Waals surface area contributed by atoms with Crippen molar-refractivity contribution in [2.75, 3.05) is 20.1 Å². The minimum atomic E-state index is -0.602. The highest BCUT2D eigenvalue weighted by Crippen LogP contribution is 2.16. The van der Waals surface area contributed by atoms with Crippen molar-refractivity contribution in [1.29, 1.82) is 0 Å². The lowest BCUT2D eigenvalue weighted by Gasteiger charge is -2.29. The van der Waals surface area contributed by atoms with Gasteiger partial charge in [-0.15, -0.1) is 0 Å². The highest BCUT2D eigenvalue weighted by Gasteiger charge is 2.23. The molecule has 1 rings (SSSR count). The Hall–Kier alpha value is -1.49. The molecule has 0 spiro atoms. The Morgan fingerprint density at radius 1 is 1.59 bits per heavy atom. The van der Waals surface area contributed by atoms with Gasteiger partial charge in [0.05, 0.1) is 11.8 Å². The number of aromatic nitrogens is 1. The second-order valence-electron chi connectivity index (χ2n) is 4.89. The number of carbonyl (C=O) groups is 1. The molecule has 0 unspecified atom stereocenters. The van der Waals surface area contributed by atoms with Gasteiger partial charge in [-0.1, -0.05) is 13.8 Å². The Balaban J connectivity index is 2.81. The fourth-order valence-electron chi connectivity index (χ4n) is 1.53. The van der Waals surface area contributed by atoms with Gasteiger partial charge in [-0.25, -0.2) is 4.39 Å². The van der Waals surface area contributed by atoms with Gasteiger partial charge in [0.2, 0.25) is 0 Å². The van der Waals surface area contributed by atoms with Gasteiger partial charge < -0.3 is 10.6 Å². The summed E-state index contributed by atoms with van der Waals surface area (Å²) in [6.07, 6.45) is 2.44. The third-order valence-electron chi connectivity index (χ3n) is 2.57. The summed E-state index contributed by atoms with van der Waals surface area (Å²) >= 11 is 0. The summed E-state index contributed by atoms with van der Waals surface area (Å²) in [5, 5.41) is 0. The van der Waals surface area contributed by atoms with E-state index in [4.69, 9.17) is 5.73 Å². The summed E-state index contributed by atoms with van der Waals surface area (Å²) < 4.78 is 13.4. The molecular formula is C12H18FN3O. The molecule has 1 amide bonds. The van der Waals surface area contributed by atoms with Gasteiger partial charge in [-0.05, 0) is 18.0 Å². The maximum Gasteiger partial charge on any atom is 0.256 e. The number of pyridine rings is 1. The SMILES string of the molecule is CN(CC(C)(C)CN)C(=O)c1ccncc1F. The number of nitrogens with two attached hydrogens (primary N) is 1. The Labute approximate surface area is 101 Å². The number of hydrogen-bond acceptors (Lipinski definition) is 3. The van der Waals surface area contributed by atoms with E-state index in [0.717, 1.165) is 6.20 Å². The van der Waals surface area contributed by atoms with Crippen LogP contribution in [0.25, 0.3) is 0 Å². The van der Waals surface area contributed by atoms with Gasteiger partial charge in [-0.3, -0.25) is 9.78 Å². The quantitative estimate of drug-likeness (QED) is 0.861. The molecule has 94 valence electrons. The Morgan fingerprint density at radius 3 is 2.76 bits per heavy atom. The largest absolute Gasteiger partial charge is 0.341 e. The van der Waals surface area contributed by atoms with Crippen LogP contribution in [0.3, 0.4) is 0 Å². The van der Waals surface area contributed by atoms with Crippen molar-refractivity contribution in [2.24, 2.45) is 11.1 Å². The molecule has 0 aromatic carbocycles. The van der Waals surface area contributed by atoms with E-state index >= 15 is 0 Å². The molecule has 1 heterocycles. The zero-order valence-electron chi connectivity index (χ0n) is 10.4. The zero-order chi connectivity index (χ0) is 13.1. The summed E-state index contributed by atoms with van der Waals surface area (Å²) in [6.45, 7) is 4.85. The Bertz CT molecular complexity index is 406. The first kappa shape index (κ1) is 13.6. The monoisotopic (exact) mass is 239 g/mol. The van der Waals surface area contributed by atoms with Crippen LogP contribution in [0.15, 0.2) is 18.5 Å². The molecule has 0 aliphatic rings. The number of rotatable bonds is 4. The maximum atomic E-state index is 13.4. The van der Waals surface area contributed by atoms with Gasteiger partial charge in [0.15, 0.2) is 5.82 Å². The van der Waals surface area contributed by atoms with Crippen molar-refractivity contribution in [3.8, 4) is 0 Å².